The van der Waals surface area contributed by atoms with E-state index in [-0.39, 0.29) is 0 Å². The fourth-order valence-corrected chi connectivity index (χ4v) is 9.89. The summed E-state index contributed by atoms with van der Waals surface area (Å²) in [6.07, 6.45) is 5.11. The normalized spacial score (nSPS) is 21.1. The molecule has 5 rings (SSSR count). The van der Waals surface area contributed by atoms with Crippen LogP contribution in [0.2, 0.25) is 0 Å². The van der Waals surface area contributed by atoms with E-state index in [4.69, 9.17) is 0 Å². The molecule has 0 N–H and O–H groups in total. The van der Waals surface area contributed by atoms with Gasteiger partial charge in [0.25, 0.3) is 0 Å². The van der Waals surface area contributed by atoms with E-state index in [1.165, 1.54) is 44.5 Å². The Balaban J connectivity index is 1.73. The van der Waals surface area contributed by atoms with Gasteiger partial charge in [-0.15, -0.1) is 0 Å². The second-order valence-electron chi connectivity index (χ2n) is 9.08. The van der Waals surface area contributed by atoms with Crippen molar-refractivity contribution in [1.29, 1.82) is 0 Å². The molecule has 0 bridgehead atoms. The zero-order valence-corrected chi connectivity index (χ0v) is 19.4. The lowest BCUT2D eigenvalue weighted by atomic mass is 10.0. The molecule has 0 aromatic heterocycles. The van der Waals surface area contributed by atoms with Crippen LogP contribution in [0.1, 0.15) is 59.8 Å². The van der Waals surface area contributed by atoms with Crippen molar-refractivity contribution >= 4 is 26.7 Å². The van der Waals surface area contributed by atoms with Gasteiger partial charge in [-0.3, -0.25) is 0 Å². The van der Waals surface area contributed by atoms with Gasteiger partial charge in [0.1, 0.15) is 0 Å². The van der Waals surface area contributed by atoms with Crippen LogP contribution >= 0.6 is 10.0 Å². The summed E-state index contributed by atoms with van der Waals surface area (Å²) in [5.74, 6) is 0.483. The highest BCUT2D eigenvalue weighted by Gasteiger charge is 2.43. The van der Waals surface area contributed by atoms with Crippen LogP contribution < -0.4 is 0 Å². The number of rotatable bonds is 3. The molecule has 2 aliphatic carbocycles. The van der Waals surface area contributed by atoms with E-state index in [0.29, 0.717) is 11.2 Å². The number of allylic oxidation sites excluding steroid dienone is 3. The summed E-state index contributed by atoms with van der Waals surface area (Å²) >= 11 is 0. The van der Waals surface area contributed by atoms with Crippen molar-refractivity contribution in [3.05, 3.63) is 112 Å². The molecule has 3 aromatic carbocycles. The van der Waals surface area contributed by atoms with Gasteiger partial charge in [-0.2, -0.15) is 0 Å². The third-order valence-corrected chi connectivity index (χ3v) is 10.6. The standard InChI is InChI=1S/C29H30S/c1-19-23-15-11-12-18-26(23)29(27(19)22-13-7-6-8-14-22)30(4,5)28-20(2)24-16-9-10-17-25(24)21(28)3/h6-18,20,29H,1-5H3. The molecular formula is C29H30S. The lowest BCUT2D eigenvalue weighted by Crippen LogP contribution is -2.14. The second kappa shape index (κ2) is 7.03. The zero-order valence-electron chi connectivity index (χ0n) is 18.6. The SMILES string of the molecule is CC1=C(S(C)(C)C2C(c3ccccc3)=C(C)c3ccccc32)C(C)c2ccccc21. The number of benzene rings is 3. The molecule has 0 saturated heterocycles. The quantitative estimate of drug-likeness (QED) is 0.407. The Bertz CT molecular complexity index is 1190. The van der Waals surface area contributed by atoms with Crippen molar-refractivity contribution < 1.29 is 0 Å². The smallest absolute Gasteiger partial charge is 0.0436 e. The van der Waals surface area contributed by atoms with Gasteiger partial charge in [-0.05, 0) is 75.8 Å². The van der Waals surface area contributed by atoms with Crippen LogP contribution in [0.5, 0.6) is 0 Å². The van der Waals surface area contributed by atoms with Gasteiger partial charge in [0.2, 0.25) is 0 Å². The highest BCUT2D eigenvalue weighted by molar-refractivity contribution is 8.36. The van der Waals surface area contributed by atoms with E-state index < -0.39 is 10.0 Å². The molecule has 0 amide bonds. The van der Waals surface area contributed by atoms with Gasteiger partial charge >= 0.3 is 0 Å². The molecule has 0 saturated carbocycles. The van der Waals surface area contributed by atoms with Crippen molar-refractivity contribution in [3.8, 4) is 0 Å². The molecule has 2 unspecified atom stereocenters. The fourth-order valence-electron chi connectivity index (χ4n) is 5.95. The first-order valence-corrected chi connectivity index (χ1v) is 13.3. The topological polar surface area (TPSA) is 0 Å². The Morgan fingerprint density at radius 3 is 1.80 bits per heavy atom. The Hall–Kier alpha value is -2.51. The van der Waals surface area contributed by atoms with Gasteiger partial charge < -0.3 is 0 Å². The van der Waals surface area contributed by atoms with Crippen molar-refractivity contribution in [2.24, 2.45) is 0 Å². The molecule has 2 aliphatic rings. The molecule has 30 heavy (non-hydrogen) atoms. The fraction of sp³-hybridized carbons (Fsp3) is 0.241. The van der Waals surface area contributed by atoms with Crippen LogP contribution in [0.4, 0.5) is 0 Å². The third kappa shape index (κ3) is 2.68. The zero-order chi connectivity index (χ0) is 21.0. The van der Waals surface area contributed by atoms with Gasteiger partial charge in [0, 0.05) is 11.2 Å². The second-order valence-corrected chi connectivity index (χ2v) is 12.8. The minimum atomic E-state index is -1.13. The highest BCUT2D eigenvalue weighted by Crippen LogP contribution is 2.73. The summed E-state index contributed by atoms with van der Waals surface area (Å²) in [5.41, 5.74) is 11.8. The van der Waals surface area contributed by atoms with Crippen LogP contribution in [0, 0.1) is 0 Å². The van der Waals surface area contributed by atoms with Gasteiger partial charge in [0.05, 0.1) is 0 Å². The molecule has 1 heteroatoms. The first-order valence-electron chi connectivity index (χ1n) is 10.8. The Kier molecular flexibility index (Phi) is 4.56. The number of hydrogen-bond donors (Lipinski definition) is 0. The summed E-state index contributed by atoms with van der Waals surface area (Å²) in [6, 6.07) is 29.2. The molecule has 0 radical (unpaired) electrons. The number of hydrogen-bond acceptors (Lipinski definition) is 0. The lowest BCUT2D eigenvalue weighted by Gasteiger charge is -2.44. The summed E-state index contributed by atoms with van der Waals surface area (Å²) in [4.78, 5) is 1.67. The maximum atomic E-state index is 2.55. The molecular weight excluding hydrogens is 380 g/mol. The average molecular weight is 411 g/mol. The monoisotopic (exact) mass is 410 g/mol. The van der Waals surface area contributed by atoms with Crippen LogP contribution in [-0.2, 0) is 0 Å². The minimum absolute atomic E-state index is 0.429. The van der Waals surface area contributed by atoms with E-state index in [2.05, 4.69) is 112 Å². The lowest BCUT2D eigenvalue weighted by molar-refractivity contribution is 0.968. The summed E-state index contributed by atoms with van der Waals surface area (Å²) in [5, 5.41) is 0.429. The Morgan fingerprint density at radius 2 is 1.17 bits per heavy atom. The van der Waals surface area contributed by atoms with Gasteiger partial charge in [0.15, 0.2) is 0 Å². The summed E-state index contributed by atoms with van der Waals surface area (Å²) in [6.45, 7) is 7.09. The van der Waals surface area contributed by atoms with Crippen LogP contribution in [0.3, 0.4) is 0 Å². The predicted molar refractivity (Wildman–Crippen MR) is 135 cm³/mol. The molecule has 2 atom stereocenters. The molecule has 3 aromatic rings. The maximum absolute atomic E-state index is 2.55. The van der Waals surface area contributed by atoms with E-state index >= 15 is 0 Å². The molecule has 0 heterocycles. The molecule has 0 fully saturated rings. The van der Waals surface area contributed by atoms with E-state index in [9.17, 15) is 0 Å². The first kappa shape index (κ1) is 19.5. The van der Waals surface area contributed by atoms with E-state index in [0.717, 1.165) is 0 Å². The largest absolute Gasteiger partial charge is 0.212 e. The van der Waals surface area contributed by atoms with Crippen molar-refractivity contribution in [1.82, 2.24) is 0 Å². The van der Waals surface area contributed by atoms with Crippen molar-refractivity contribution in [3.63, 3.8) is 0 Å². The predicted octanol–water partition coefficient (Wildman–Crippen LogP) is 8.28. The van der Waals surface area contributed by atoms with E-state index in [1.807, 2.05) is 0 Å². The maximum Gasteiger partial charge on any atom is 0.0436 e. The first-order chi connectivity index (χ1) is 14.4. The highest BCUT2D eigenvalue weighted by atomic mass is 32.3. The number of fused-ring (bicyclic) bond motifs is 2. The minimum Gasteiger partial charge on any atom is -0.212 e. The summed E-state index contributed by atoms with van der Waals surface area (Å²) in [7, 11) is -1.13. The van der Waals surface area contributed by atoms with E-state index in [1.54, 1.807) is 4.91 Å². The van der Waals surface area contributed by atoms with Crippen molar-refractivity contribution in [2.75, 3.05) is 12.5 Å². The molecule has 152 valence electrons. The van der Waals surface area contributed by atoms with Crippen LogP contribution in [0.25, 0.3) is 16.7 Å². The van der Waals surface area contributed by atoms with Crippen LogP contribution in [-0.4, -0.2) is 12.5 Å². The van der Waals surface area contributed by atoms with Crippen LogP contribution in [0.15, 0.2) is 83.8 Å². The van der Waals surface area contributed by atoms with Crippen molar-refractivity contribution in [2.45, 2.75) is 31.9 Å². The average Bonchev–Trinajstić information content (AvgIpc) is 3.21. The molecule has 0 aliphatic heterocycles. The molecule has 0 spiro atoms. The third-order valence-electron chi connectivity index (χ3n) is 7.15. The van der Waals surface area contributed by atoms with Gasteiger partial charge in [-0.25, -0.2) is 10.0 Å². The Morgan fingerprint density at radius 1 is 0.633 bits per heavy atom. The molecule has 0 nitrogen and oxygen atoms in total. The Labute approximate surface area is 182 Å². The van der Waals surface area contributed by atoms with Gasteiger partial charge in [-0.1, -0.05) is 85.8 Å². The summed E-state index contributed by atoms with van der Waals surface area (Å²) < 4.78 is 0.